The molecule has 4 aromatic heterocycles. The number of hydrogen-bond acceptors (Lipinski definition) is 6. The first-order valence-electron chi connectivity index (χ1n) is 10.3. The van der Waals surface area contributed by atoms with Gasteiger partial charge in [0.2, 0.25) is 5.89 Å². The predicted molar refractivity (Wildman–Crippen MR) is 116 cm³/mol. The molecule has 0 unspecified atom stereocenters. The third-order valence-electron chi connectivity index (χ3n) is 5.90. The van der Waals surface area contributed by atoms with Gasteiger partial charge < -0.3 is 14.3 Å². The quantitative estimate of drug-likeness (QED) is 0.485. The monoisotopic (exact) mass is 411 g/mol. The van der Waals surface area contributed by atoms with E-state index in [9.17, 15) is 0 Å². The van der Waals surface area contributed by atoms with Gasteiger partial charge in [-0.05, 0) is 43.7 Å². The first-order valence-corrected chi connectivity index (χ1v) is 10.3. The van der Waals surface area contributed by atoms with E-state index in [0.717, 1.165) is 41.1 Å². The van der Waals surface area contributed by atoms with Crippen LogP contribution in [0.5, 0.6) is 0 Å². The number of aromatic amines is 1. The van der Waals surface area contributed by atoms with E-state index in [4.69, 9.17) is 9.52 Å². The second-order valence-electron chi connectivity index (χ2n) is 7.96. The summed E-state index contributed by atoms with van der Waals surface area (Å²) in [5.41, 5.74) is 7.30. The Hall–Kier alpha value is -3.94. The second-order valence-corrected chi connectivity index (χ2v) is 7.96. The van der Waals surface area contributed by atoms with Crippen LogP contribution in [0.2, 0.25) is 0 Å². The summed E-state index contributed by atoms with van der Waals surface area (Å²) >= 11 is 0. The van der Waals surface area contributed by atoms with Crippen molar-refractivity contribution in [3.63, 3.8) is 0 Å². The van der Waals surface area contributed by atoms with E-state index >= 15 is 0 Å². The van der Waals surface area contributed by atoms with Crippen molar-refractivity contribution in [3.05, 3.63) is 83.2 Å². The summed E-state index contributed by atoms with van der Waals surface area (Å²) in [6.45, 7) is 4.87. The van der Waals surface area contributed by atoms with Crippen LogP contribution >= 0.6 is 0 Å². The molecule has 1 atom stereocenters. The smallest absolute Gasteiger partial charge is 0.319 e. The minimum atomic E-state index is -0.208. The van der Waals surface area contributed by atoms with Gasteiger partial charge in [0.1, 0.15) is 6.04 Å². The van der Waals surface area contributed by atoms with Gasteiger partial charge in [-0.15, -0.1) is 5.10 Å². The number of benzene rings is 1. The van der Waals surface area contributed by atoms with Crippen LogP contribution in [0.4, 0.5) is 6.01 Å². The zero-order valence-corrected chi connectivity index (χ0v) is 17.3. The number of nitrogens with one attached hydrogen (secondary N) is 1. The molecule has 0 aliphatic carbocycles. The second kappa shape index (κ2) is 6.80. The third-order valence-corrected chi connectivity index (χ3v) is 5.90. The molecule has 1 aromatic carbocycles. The first kappa shape index (κ1) is 17.9. The number of rotatable bonds is 3. The van der Waals surface area contributed by atoms with Crippen molar-refractivity contribution in [2.75, 3.05) is 11.4 Å². The van der Waals surface area contributed by atoms with Crippen molar-refractivity contribution in [1.82, 2.24) is 29.8 Å². The van der Waals surface area contributed by atoms with Gasteiger partial charge in [0, 0.05) is 30.4 Å². The minimum absolute atomic E-state index is 0.208. The molecule has 1 aliphatic rings. The predicted octanol–water partition coefficient (Wildman–Crippen LogP) is 3.88. The number of anilines is 1. The molecular weight excluding hydrogens is 390 g/mol. The Labute approximate surface area is 178 Å². The molecule has 0 amide bonds. The molecule has 8 heteroatoms. The number of aromatic nitrogens is 6. The van der Waals surface area contributed by atoms with Gasteiger partial charge in [-0.3, -0.25) is 0 Å². The van der Waals surface area contributed by atoms with E-state index in [0.29, 0.717) is 11.9 Å². The highest BCUT2D eigenvalue weighted by Gasteiger charge is 2.36. The maximum Gasteiger partial charge on any atom is 0.319 e. The van der Waals surface area contributed by atoms with Gasteiger partial charge in [0.25, 0.3) is 0 Å². The molecule has 8 nitrogen and oxygen atoms in total. The Morgan fingerprint density at radius 3 is 2.81 bits per heavy atom. The third kappa shape index (κ3) is 2.91. The van der Waals surface area contributed by atoms with Crippen LogP contribution in [0.15, 0.2) is 59.4 Å². The van der Waals surface area contributed by atoms with Crippen molar-refractivity contribution >= 4 is 11.5 Å². The largest absolute Gasteiger partial charge is 0.403 e. The fraction of sp³-hybridized carbons (Fsp3) is 0.217. The van der Waals surface area contributed by atoms with Gasteiger partial charge in [-0.25, -0.2) is 9.50 Å². The number of imidazole rings is 1. The Morgan fingerprint density at radius 2 is 1.97 bits per heavy atom. The molecule has 1 aliphatic heterocycles. The lowest BCUT2D eigenvalue weighted by Gasteiger charge is -2.32. The van der Waals surface area contributed by atoms with Crippen molar-refractivity contribution in [3.8, 4) is 11.5 Å². The first-order chi connectivity index (χ1) is 15.2. The van der Waals surface area contributed by atoms with E-state index in [1.807, 2.05) is 41.0 Å². The summed E-state index contributed by atoms with van der Waals surface area (Å²) < 4.78 is 8.03. The molecule has 0 fully saturated rings. The molecule has 0 bridgehead atoms. The molecule has 0 saturated carbocycles. The van der Waals surface area contributed by atoms with E-state index < -0.39 is 0 Å². The van der Waals surface area contributed by atoms with Gasteiger partial charge in [0.15, 0.2) is 0 Å². The maximum absolute atomic E-state index is 6.12. The zero-order valence-electron chi connectivity index (χ0n) is 17.3. The van der Waals surface area contributed by atoms with Gasteiger partial charge in [-0.2, -0.15) is 5.10 Å². The molecule has 0 radical (unpaired) electrons. The minimum Gasteiger partial charge on any atom is -0.403 e. The average Bonchev–Trinajstić information content (AvgIpc) is 3.52. The summed E-state index contributed by atoms with van der Waals surface area (Å²) in [4.78, 5) is 10.00. The van der Waals surface area contributed by atoms with Crippen LogP contribution < -0.4 is 4.90 Å². The van der Waals surface area contributed by atoms with Crippen LogP contribution in [0.25, 0.3) is 17.0 Å². The number of H-pyrrole nitrogens is 1. The average molecular weight is 411 g/mol. The highest BCUT2D eigenvalue weighted by atomic mass is 16.4. The molecule has 5 aromatic rings. The van der Waals surface area contributed by atoms with Crippen molar-refractivity contribution < 1.29 is 4.42 Å². The number of fused-ring (bicyclic) bond motifs is 2. The van der Waals surface area contributed by atoms with Gasteiger partial charge in [-0.1, -0.05) is 28.9 Å². The van der Waals surface area contributed by atoms with Crippen molar-refractivity contribution in [1.29, 1.82) is 0 Å². The Balaban J connectivity index is 1.44. The van der Waals surface area contributed by atoms with E-state index in [2.05, 4.69) is 51.0 Å². The SMILES string of the molecule is Cc1ccc(-c2nnc(N3CCc4[nH]cnc4[C@H]3c3cc4c(C)cccn4n3)o2)cc1. The Morgan fingerprint density at radius 1 is 1.10 bits per heavy atom. The van der Waals surface area contributed by atoms with E-state index in [1.165, 1.54) is 11.1 Å². The number of pyridine rings is 1. The highest BCUT2D eigenvalue weighted by Crippen LogP contribution is 2.37. The number of hydrogen-bond donors (Lipinski definition) is 1. The molecule has 0 saturated heterocycles. The van der Waals surface area contributed by atoms with E-state index in [-0.39, 0.29) is 6.04 Å². The topological polar surface area (TPSA) is 88.1 Å². The van der Waals surface area contributed by atoms with E-state index in [1.54, 1.807) is 6.33 Å². The molecule has 1 N–H and O–H groups in total. The summed E-state index contributed by atoms with van der Waals surface area (Å²) in [6.07, 6.45) is 4.53. The van der Waals surface area contributed by atoms with Crippen LogP contribution in [-0.4, -0.2) is 36.3 Å². The highest BCUT2D eigenvalue weighted by molar-refractivity contribution is 5.58. The van der Waals surface area contributed by atoms with Crippen molar-refractivity contribution in [2.24, 2.45) is 0 Å². The van der Waals surface area contributed by atoms with Crippen molar-refractivity contribution in [2.45, 2.75) is 26.3 Å². The van der Waals surface area contributed by atoms with Gasteiger partial charge >= 0.3 is 6.01 Å². The Bertz CT molecular complexity index is 1380. The van der Waals surface area contributed by atoms with Gasteiger partial charge in [0.05, 0.1) is 23.2 Å². The van der Waals surface area contributed by atoms with Crippen LogP contribution in [0.3, 0.4) is 0 Å². The van der Waals surface area contributed by atoms with Crippen LogP contribution in [-0.2, 0) is 6.42 Å². The maximum atomic E-state index is 6.12. The number of aryl methyl sites for hydroxylation is 2. The molecule has 31 heavy (non-hydrogen) atoms. The number of nitrogens with zero attached hydrogens (tertiary/aromatic N) is 6. The van der Waals surface area contributed by atoms with Crippen LogP contribution in [0.1, 0.15) is 34.3 Å². The lowest BCUT2D eigenvalue weighted by molar-refractivity contribution is 0.503. The molecule has 154 valence electrons. The molecular formula is C23H21N7O. The summed E-state index contributed by atoms with van der Waals surface area (Å²) in [5, 5.41) is 13.5. The summed E-state index contributed by atoms with van der Waals surface area (Å²) in [7, 11) is 0. The Kier molecular flexibility index (Phi) is 3.92. The standard InChI is InChI=1S/C23H21N7O/c1-14-5-7-16(8-6-14)22-26-27-23(31-22)29-11-9-17-20(25-13-24-17)21(29)18-12-19-15(2)4-3-10-30(19)28-18/h3-8,10,12-13,21H,9,11H2,1-2H3,(H,24,25)/t21-/m1/s1. The lowest BCUT2D eigenvalue weighted by atomic mass is 10.00. The fourth-order valence-corrected chi connectivity index (χ4v) is 4.24. The molecule has 5 heterocycles. The molecule has 6 rings (SSSR count). The zero-order chi connectivity index (χ0) is 20.9. The summed E-state index contributed by atoms with van der Waals surface area (Å²) in [6, 6.07) is 14.6. The normalized spacial score (nSPS) is 16.1. The van der Waals surface area contributed by atoms with Crippen LogP contribution in [0, 0.1) is 13.8 Å². The molecule has 0 spiro atoms. The fourth-order valence-electron chi connectivity index (χ4n) is 4.24. The lowest BCUT2D eigenvalue weighted by Crippen LogP contribution is -2.36. The summed E-state index contributed by atoms with van der Waals surface area (Å²) in [5.74, 6) is 0.507.